The van der Waals surface area contributed by atoms with Crippen molar-refractivity contribution < 1.29 is 9.90 Å². The van der Waals surface area contributed by atoms with Crippen molar-refractivity contribution in [3.63, 3.8) is 0 Å². The third-order valence-electron chi connectivity index (χ3n) is 2.48. The van der Waals surface area contributed by atoms with Crippen LogP contribution in [0.1, 0.15) is 5.56 Å². The van der Waals surface area contributed by atoms with Crippen LogP contribution in [0.5, 0.6) is 0 Å². The van der Waals surface area contributed by atoms with Gasteiger partial charge in [-0.15, -0.1) is 0 Å². The molecule has 0 radical (unpaired) electrons. The predicted octanol–water partition coefficient (Wildman–Crippen LogP) is 2.78. The van der Waals surface area contributed by atoms with E-state index in [0.29, 0.717) is 0 Å². The maximum absolute atomic E-state index is 10.8. The molecule has 0 aromatic rings. The molecule has 0 spiro atoms. The van der Waals surface area contributed by atoms with Crippen LogP contribution in [0.25, 0.3) is 17.2 Å². The summed E-state index contributed by atoms with van der Waals surface area (Å²) in [6.07, 6.45) is 1.39. The number of carboxylic acids is 1. The highest BCUT2D eigenvalue weighted by Gasteiger charge is 2.10. The maximum atomic E-state index is 10.8. The van der Waals surface area contributed by atoms with Gasteiger partial charge in [-0.25, -0.2) is 4.79 Å². The van der Waals surface area contributed by atoms with Crippen LogP contribution in [-0.2, 0) is 4.79 Å². The fourth-order valence-electron chi connectivity index (χ4n) is 1.66. The minimum Gasteiger partial charge on any atom is -0.477 e. The number of carboxylic acid groups (broad SMARTS) is 1. The lowest BCUT2D eigenvalue weighted by atomic mass is 10.1. The summed E-state index contributed by atoms with van der Waals surface area (Å²) in [7, 11) is 0. The lowest BCUT2D eigenvalue weighted by Crippen LogP contribution is -1.97. The summed E-state index contributed by atoms with van der Waals surface area (Å²) in [6, 6.07) is 14.9. The molecule has 0 aromatic carbocycles. The molecule has 2 aliphatic carbocycles. The molecule has 0 bridgehead atoms. The molecule has 0 aromatic heterocycles. The second-order valence-corrected chi connectivity index (χ2v) is 3.54. The Labute approximate surface area is 98.6 Å². The molecule has 3 heteroatoms. The first-order chi connectivity index (χ1) is 8.22. The number of fused-ring (bicyclic) bond motifs is 1. The van der Waals surface area contributed by atoms with Gasteiger partial charge in [-0.3, -0.25) is 0 Å². The molecular weight excluding hydrogens is 214 g/mol. The highest BCUT2D eigenvalue weighted by atomic mass is 16.4. The molecule has 0 aliphatic heterocycles. The van der Waals surface area contributed by atoms with Crippen LogP contribution < -0.4 is 0 Å². The summed E-state index contributed by atoms with van der Waals surface area (Å²) >= 11 is 0. The predicted molar refractivity (Wildman–Crippen MR) is 64.3 cm³/mol. The number of rotatable bonds is 2. The fourth-order valence-corrected chi connectivity index (χ4v) is 1.66. The summed E-state index contributed by atoms with van der Waals surface area (Å²) in [5.74, 6) is -1.21. The van der Waals surface area contributed by atoms with Gasteiger partial charge in [0, 0.05) is 0 Å². The topological polar surface area (TPSA) is 61.1 Å². The summed E-state index contributed by atoms with van der Waals surface area (Å²) in [6.45, 7) is 0. The average molecular weight is 223 g/mol. The van der Waals surface area contributed by atoms with Crippen molar-refractivity contribution in [2.75, 3.05) is 0 Å². The first-order valence-electron chi connectivity index (χ1n) is 5.05. The lowest BCUT2D eigenvalue weighted by molar-refractivity contribution is -0.132. The van der Waals surface area contributed by atoms with Crippen molar-refractivity contribution in [3.8, 4) is 17.2 Å². The van der Waals surface area contributed by atoms with E-state index in [9.17, 15) is 4.79 Å². The molecule has 2 rings (SSSR count). The monoisotopic (exact) mass is 223 g/mol. The molecular formula is C14H9NO2. The highest BCUT2D eigenvalue weighted by Crippen LogP contribution is 2.28. The van der Waals surface area contributed by atoms with Crippen molar-refractivity contribution in [2.45, 2.75) is 0 Å². The Morgan fingerprint density at radius 3 is 2.65 bits per heavy atom. The molecule has 0 atom stereocenters. The third kappa shape index (κ3) is 2.16. The van der Waals surface area contributed by atoms with Crippen molar-refractivity contribution >= 4 is 12.0 Å². The van der Waals surface area contributed by atoms with Crippen LogP contribution in [0.15, 0.2) is 48.0 Å². The zero-order valence-electron chi connectivity index (χ0n) is 8.92. The van der Waals surface area contributed by atoms with Gasteiger partial charge in [0.2, 0.25) is 0 Å². The van der Waals surface area contributed by atoms with E-state index >= 15 is 0 Å². The Hall–Kier alpha value is -2.60. The first kappa shape index (κ1) is 10.9. The van der Waals surface area contributed by atoms with Crippen LogP contribution in [0.4, 0.5) is 0 Å². The maximum Gasteiger partial charge on any atom is 0.346 e. The highest BCUT2D eigenvalue weighted by molar-refractivity contribution is 5.98. The van der Waals surface area contributed by atoms with E-state index in [2.05, 4.69) is 0 Å². The van der Waals surface area contributed by atoms with Gasteiger partial charge >= 0.3 is 5.97 Å². The van der Waals surface area contributed by atoms with E-state index in [1.807, 2.05) is 42.5 Å². The number of hydrogen-bond acceptors (Lipinski definition) is 2. The van der Waals surface area contributed by atoms with Gasteiger partial charge in [-0.1, -0.05) is 42.5 Å². The van der Waals surface area contributed by atoms with E-state index in [-0.39, 0.29) is 5.57 Å². The number of aliphatic carboxylic acids is 1. The van der Waals surface area contributed by atoms with Crippen LogP contribution in [0, 0.1) is 11.3 Å². The van der Waals surface area contributed by atoms with Crippen LogP contribution >= 0.6 is 0 Å². The van der Waals surface area contributed by atoms with Crippen molar-refractivity contribution in [3.05, 3.63) is 53.6 Å². The van der Waals surface area contributed by atoms with Crippen LogP contribution in [-0.4, -0.2) is 11.1 Å². The molecule has 0 unspecified atom stereocenters. The average Bonchev–Trinajstić information content (AvgIpc) is 2.54. The first-order valence-corrected chi connectivity index (χ1v) is 5.05. The Morgan fingerprint density at radius 2 is 1.94 bits per heavy atom. The zero-order valence-corrected chi connectivity index (χ0v) is 8.92. The van der Waals surface area contributed by atoms with Crippen LogP contribution in [0.2, 0.25) is 0 Å². The van der Waals surface area contributed by atoms with E-state index in [1.165, 1.54) is 6.08 Å². The van der Waals surface area contributed by atoms with Gasteiger partial charge in [0.15, 0.2) is 0 Å². The van der Waals surface area contributed by atoms with Gasteiger partial charge in [-0.2, -0.15) is 5.26 Å². The van der Waals surface area contributed by atoms with E-state index in [1.54, 1.807) is 6.07 Å². The van der Waals surface area contributed by atoms with Crippen molar-refractivity contribution in [1.82, 2.24) is 0 Å². The van der Waals surface area contributed by atoms with Crippen LogP contribution in [0.3, 0.4) is 0 Å². The molecule has 0 saturated heterocycles. The zero-order chi connectivity index (χ0) is 12.3. The van der Waals surface area contributed by atoms with E-state index in [4.69, 9.17) is 10.4 Å². The molecule has 82 valence electrons. The summed E-state index contributed by atoms with van der Waals surface area (Å²) < 4.78 is 0. The number of carbonyl (C=O) groups is 1. The number of hydrogen-bond donors (Lipinski definition) is 1. The van der Waals surface area contributed by atoms with Gasteiger partial charge in [-0.05, 0) is 22.8 Å². The molecule has 0 heterocycles. The Balaban J connectivity index is 2.54. The molecule has 0 fully saturated rings. The Bertz CT molecular complexity index is 608. The van der Waals surface area contributed by atoms with E-state index < -0.39 is 5.97 Å². The molecule has 1 N–H and O–H groups in total. The standard InChI is InChI=1S/C14H9NO2/c15-9-12(14(16)17)8-11-7-6-10-4-2-1-3-5-13(10)11/h1-8H,(H,16,17)/b12-8+. The van der Waals surface area contributed by atoms with Gasteiger partial charge in [0.1, 0.15) is 11.6 Å². The Kier molecular flexibility index (Phi) is 2.89. The molecule has 3 nitrogen and oxygen atoms in total. The normalized spacial score (nSPS) is 11.1. The second-order valence-electron chi connectivity index (χ2n) is 3.54. The molecule has 0 amide bonds. The SMILES string of the molecule is N#C/C(=C\c1ccc2cccccc1-2)C(=O)O. The fraction of sp³-hybridized carbons (Fsp3) is 0. The second kappa shape index (κ2) is 4.50. The van der Waals surface area contributed by atoms with Gasteiger partial charge in [0.25, 0.3) is 0 Å². The Morgan fingerprint density at radius 1 is 1.18 bits per heavy atom. The summed E-state index contributed by atoms with van der Waals surface area (Å²) in [5.41, 5.74) is 2.44. The minimum absolute atomic E-state index is 0.260. The molecule has 0 saturated carbocycles. The quantitative estimate of drug-likeness (QED) is 0.629. The number of nitrogens with zero attached hydrogens (tertiary/aromatic N) is 1. The summed E-state index contributed by atoms with van der Waals surface area (Å²) in [5, 5.41) is 17.5. The largest absolute Gasteiger partial charge is 0.477 e. The molecule has 17 heavy (non-hydrogen) atoms. The minimum atomic E-state index is -1.21. The van der Waals surface area contributed by atoms with Gasteiger partial charge < -0.3 is 5.11 Å². The smallest absolute Gasteiger partial charge is 0.346 e. The molecule has 2 aliphatic rings. The van der Waals surface area contributed by atoms with Gasteiger partial charge in [0.05, 0.1) is 0 Å². The summed E-state index contributed by atoms with van der Waals surface area (Å²) in [4.78, 5) is 10.8. The van der Waals surface area contributed by atoms with Crippen molar-refractivity contribution in [1.29, 1.82) is 5.26 Å². The third-order valence-corrected chi connectivity index (χ3v) is 2.48. The van der Waals surface area contributed by atoms with E-state index in [0.717, 1.165) is 16.7 Å². The number of nitriles is 1. The lowest BCUT2D eigenvalue weighted by Gasteiger charge is -1.95. The van der Waals surface area contributed by atoms with Crippen molar-refractivity contribution in [2.24, 2.45) is 0 Å².